The van der Waals surface area contributed by atoms with Crippen LogP contribution in [-0.4, -0.2) is 22.1 Å². The molecule has 0 aliphatic carbocycles. The molecule has 0 bridgehead atoms. The van der Waals surface area contributed by atoms with Crippen LogP contribution in [0.1, 0.15) is 5.69 Å². The second kappa shape index (κ2) is 7.40. The Morgan fingerprint density at radius 2 is 1.73 bits per heavy atom. The number of methoxy groups -OCH3 is 1. The summed E-state index contributed by atoms with van der Waals surface area (Å²) in [6.45, 7) is 0.338. The minimum absolute atomic E-state index is 0.124. The smallest absolute Gasteiger partial charge is 0.257 e. The van der Waals surface area contributed by atoms with Crippen molar-refractivity contribution in [3.8, 4) is 22.8 Å². The standard InChI is InChI=1S/C24H19N3O3/c1-29-18-8-9-25-17(13-18)14-30-19-6-7-22-16(10-19)12-23(26-22)20-11-15-4-2-3-5-21(15)27-24(20)28/h2-13,26H,14H2,1H3,(H,27,28). The van der Waals surface area contributed by atoms with Crippen LogP contribution in [0.3, 0.4) is 0 Å². The number of nitrogens with one attached hydrogen (secondary N) is 2. The van der Waals surface area contributed by atoms with Crippen LogP contribution in [0.4, 0.5) is 0 Å². The number of ether oxygens (including phenoxy) is 2. The Labute approximate surface area is 172 Å². The molecule has 148 valence electrons. The lowest BCUT2D eigenvalue weighted by molar-refractivity contribution is 0.300. The molecule has 5 rings (SSSR count). The number of hydrogen-bond donors (Lipinski definition) is 2. The van der Waals surface area contributed by atoms with Crippen LogP contribution in [0, 0.1) is 0 Å². The summed E-state index contributed by atoms with van der Waals surface area (Å²) in [5.41, 5.74) is 3.79. The van der Waals surface area contributed by atoms with Gasteiger partial charge < -0.3 is 19.4 Å². The van der Waals surface area contributed by atoms with Gasteiger partial charge in [-0.15, -0.1) is 0 Å². The molecule has 2 aromatic carbocycles. The highest BCUT2D eigenvalue weighted by atomic mass is 16.5. The van der Waals surface area contributed by atoms with Crippen LogP contribution >= 0.6 is 0 Å². The highest BCUT2D eigenvalue weighted by Gasteiger charge is 2.10. The maximum atomic E-state index is 12.6. The summed E-state index contributed by atoms with van der Waals surface area (Å²) >= 11 is 0. The first-order chi connectivity index (χ1) is 14.7. The Balaban J connectivity index is 1.44. The summed E-state index contributed by atoms with van der Waals surface area (Å²) in [6.07, 6.45) is 1.69. The van der Waals surface area contributed by atoms with Gasteiger partial charge in [0, 0.05) is 28.7 Å². The van der Waals surface area contributed by atoms with E-state index in [1.807, 2.05) is 60.7 Å². The Morgan fingerprint density at radius 3 is 2.63 bits per heavy atom. The normalized spacial score (nSPS) is 11.1. The van der Waals surface area contributed by atoms with Gasteiger partial charge >= 0.3 is 0 Å². The van der Waals surface area contributed by atoms with Crippen LogP contribution in [0.5, 0.6) is 11.5 Å². The number of benzene rings is 2. The highest BCUT2D eigenvalue weighted by Crippen LogP contribution is 2.27. The van der Waals surface area contributed by atoms with Crippen molar-refractivity contribution in [3.05, 3.63) is 89.0 Å². The molecular weight excluding hydrogens is 378 g/mol. The zero-order valence-corrected chi connectivity index (χ0v) is 16.3. The Bertz CT molecular complexity index is 1420. The molecule has 3 heterocycles. The third-order valence-electron chi connectivity index (χ3n) is 5.05. The predicted octanol–water partition coefficient (Wildman–Crippen LogP) is 4.66. The van der Waals surface area contributed by atoms with Crippen molar-refractivity contribution in [1.82, 2.24) is 15.0 Å². The third kappa shape index (κ3) is 3.39. The minimum atomic E-state index is -0.124. The van der Waals surface area contributed by atoms with E-state index < -0.39 is 0 Å². The van der Waals surface area contributed by atoms with Gasteiger partial charge in [-0.3, -0.25) is 9.78 Å². The molecule has 0 amide bonds. The van der Waals surface area contributed by atoms with E-state index in [4.69, 9.17) is 9.47 Å². The van der Waals surface area contributed by atoms with Gasteiger partial charge in [0.15, 0.2) is 0 Å². The van der Waals surface area contributed by atoms with E-state index in [9.17, 15) is 4.79 Å². The fraction of sp³-hybridized carbons (Fsp3) is 0.0833. The number of aromatic amines is 2. The molecule has 0 unspecified atom stereocenters. The van der Waals surface area contributed by atoms with Gasteiger partial charge in [-0.2, -0.15) is 0 Å². The molecular formula is C24H19N3O3. The van der Waals surface area contributed by atoms with Crippen molar-refractivity contribution < 1.29 is 9.47 Å². The van der Waals surface area contributed by atoms with Crippen LogP contribution < -0.4 is 15.0 Å². The Kier molecular flexibility index (Phi) is 4.44. The molecule has 0 atom stereocenters. The second-order valence-corrected chi connectivity index (χ2v) is 7.01. The van der Waals surface area contributed by atoms with Crippen LogP contribution in [0.15, 0.2) is 77.7 Å². The summed E-state index contributed by atoms with van der Waals surface area (Å²) in [5, 5.41) is 1.95. The van der Waals surface area contributed by atoms with Gasteiger partial charge in [-0.05, 0) is 47.9 Å². The van der Waals surface area contributed by atoms with Gasteiger partial charge in [0.25, 0.3) is 5.56 Å². The summed E-state index contributed by atoms with van der Waals surface area (Å²) in [4.78, 5) is 23.1. The van der Waals surface area contributed by atoms with Gasteiger partial charge in [0.05, 0.1) is 24.1 Å². The molecule has 30 heavy (non-hydrogen) atoms. The van der Waals surface area contributed by atoms with E-state index >= 15 is 0 Å². The van der Waals surface area contributed by atoms with E-state index in [-0.39, 0.29) is 5.56 Å². The van der Waals surface area contributed by atoms with Crippen LogP contribution in [-0.2, 0) is 6.61 Å². The average Bonchev–Trinajstić information content (AvgIpc) is 3.20. The van der Waals surface area contributed by atoms with Gasteiger partial charge in [0.1, 0.15) is 18.1 Å². The molecule has 2 N–H and O–H groups in total. The van der Waals surface area contributed by atoms with E-state index in [2.05, 4.69) is 15.0 Å². The SMILES string of the molecule is COc1ccnc(COc2ccc3[nH]c(-c4cc5ccccc5[nH]c4=O)cc3c2)c1. The van der Waals surface area contributed by atoms with E-state index in [1.165, 1.54) is 0 Å². The number of H-pyrrole nitrogens is 2. The largest absolute Gasteiger partial charge is 0.497 e. The van der Waals surface area contributed by atoms with Crippen molar-refractivity contribution in [3.63, 3.8) is 0 Å². The van der Waals surface area contributed by atoms with Crippen molar-refractivity contribution in [2.45, 2.75) is 6.61 Å². The number of para-hydroxylation sites is 1. The zero-order chi connectivity index (χ0) is 20.5. The van der Waals surface area contributed by atoms with Crippen LogP contribution in [0.25, 0.3) is 33.1 Å². The fourth-order valence-electron chi connectivity index (χ4n) is 3.51. The Hall–Kier alpha value is -4.06. The monoisotopic (exact) mass is 397 g/mol. The molecule has 3 aromatic heterocycles. The second-order valence-electron chi connectivity index (χ2n) is 7.01. The average molecular weight is 397 g/mol. The molecule has 5 aromatic rings. The molecule has 0 fully saturated rings. The van der Waals surface area contributed by atoms with Gasteiger partial charge in [0.2, 0.25) is 0 Å². The first-order valence-electron chi connectivity index (χ1n) is 9.56. The van der Waals surface area contributed by atoms with Crippen molar-refractivity contribution >= 4 is 21.8 Å². The van der Waals surface area contributed by atoms with E-state index in [0.29, 0.717) is 12.2 Å². The minimum Gasteiger partial charge on any atom is -0.497 e. The molecule has 0 saturated heterocycles. The first-order valence-corrected chi connectivity index (χ1v) is 9.56. The van der Waals surface area contributed by atoms with E-state index in [0.717, 1.165) is 44.7 Å². The third-order valence-corrected chi connectivity index (χ3v) is 5.05. The van der Waals surface area contributed by atoms with Crippen LogP contribution in [0.2, 0.25) is 0 Å². The summed E-state index contributed by atoms with van der Waals surface area (Å²) < 4.78 is 11.1. The summed E-state index contributed by atoms with van der Waals surface area (Å²) in [5.74, 6) is 1.47. The molecule has 6 heteroatoms. The molecule has 0 spiro atoms. The lowest BCUT2D eigenvalue weighted by atomic mass is 10.1. The lowest BCUT2D eigenvalue weighted by Crippen LogP contribution is -2.08. The maximum Gasteiger partial charge on any atom is 0.257 e. The topological polar surface area (TPSA) is 80.0 Å². The molecule has 0 saturated carbocycles. The number of hydrogen-bond acceptors (Lipinski definition) is 4. The number of fused-ring (bicyclic) bond motifs is 2. The number of pyridine rings is 2. The predicted molar refractivity (Wildman–Crippen MR) is 117 cm³/mol. The molecule has 0 aliphatic heterocycles. The molecule has 0 aliphatic rings. The summed E-state index contributed by atoms with van der Waals surface area (Å²) in [6, 6.07) is 21.0. The lowest BCUT2D eigenvalue weighted by Gasteiger charge is -2.07. The summed E-state index contributed by atoms with van der Waals surface area (Å²) in [7, 11) is 1.62. The molecule has 0 radical (unpaired) electrons. The number of aromatic nitrogens is 3. The van der Waals surface area contributed by atoms with Crippen molar-refractivity contribution in [2.24, 2.45) is 0 Å². The maximum absolute atomic E-state index is 12.6. The fourth-order valence-corrected chi connectivity index (χ4v) is 3.51. The quantitative estimate of drug-likeness (QED) is 0.452. The van der Waals surface area contributed by atoms with Gasteiger partial charge in [-0.1, -0.05) is 18.2 Å². The first kappa shape index (κ1) is 18.0. The highest BCUT2D eigenvalue weighted by molar-refractivity contribution is 5.89. The number of rotatable bonds is 5. The van der Waals surface area contributed by atoms with Gasteiger partial charge in [-0.25, -0.2) is 0 Å². The van der Waals surface area contributed by atoms with E-state index in [1.54, 1.807) is 19.4 Å². The van der Waals surface area contributed by atoms with Crippen molar-refractivity contribution in [2.75, 3.05) is 7.11 Å². The Morgan fingerprint density at radius 1 is 0.867 bits per heavy atom. The zero-order valence-electron chi connectivity index (χ0n) is 16.3. The molecule has 6 nitrogen and oxygen atoms in total. The number of nitrogens with zero attached hydrogens (tertiary/aromatic N) is 1. The van der Waals surface area contributed by atoms with Crippen molar-refractivity contribution in [1.29, 1.82) is 0 Å².